The number of hydrogen-bond acceptors (Lipinski definition) is 7. The lowest BCUT2D eigenvalue weighted by Gasteiger charge is -2.34. The van der Waals surface area contributed by atoms with Crippen molar-refractivity contribution in [3.8, 4) is 28.7 Å². The number of rotatable bonds is 8. The molecule has 5 rings (SSSR count). The van der Waals surface area contributed by atoms with E-state index in [1.54, 1.807) is 38.7 Å². The van der Waals surface area contributed by atoms with Crippen molar-refractivity contribution in [2.75, 3.05) is 32.7 Å². The van der Waals surface area contributed by atoms with Crippen LogP contribution in [0.2, 0.25) is 0 Å². The molecule has 1 aliphatic rings. The molecule has 14 heteroatoms. The number of halogens is 5. The van der Waals surface area contributed by atoms with E-state index in [0.29, 0.717) is 49.5 Å². The molecule has 9 nitrogen and oxygen atoms in total. The van der Waals surface area contributed by atoms with Gasteiger partial charge < -0.3 is 14.2 Å². The second kappa shape index (κ2) is 11.6. The molecule has 0 saturated carbocycles. The topological polar surface area (TPSA) is 89.5 Å². The third-order valence-electron chi connectivity index (χ3n) is 6.53. The van der Waals surface area contributed by atoms with E-state index in [1.165, 1.54) is 12.1 Å². The Balaban J connectivity index is 1.24. The Morgan fingerprint density at radius 3 is 2.46 bits per heavy atom. The molecule has 1 aliphatic heterocycles. The molecule has 3 heterocycles. The number of alkyl halides is 5. The average molecular weight is 577 g/mol. The molecule has 0 bridgehead atoms. The van der Waals surface area contributed by atoms with Crippen LogP contribution in [0.1, 0.15) is 21.6 Å². The van der Waals surface area contributed by atoms with Gasteiger partial charge in [-0.1, -0.05) is 17.3 Å². The van der Waals surface area contributed by atoms with Gasteiger partial charge in [0.25, 0.3) is 18.2 Å². The second-order valence-corrected chi connectivity index (χ2v) is 9.51. The van der Waals surface area contributed by atoms with Gasteiger partial charge in [0.2, 0.25) is 5.82 Å². The summed E-state index contributed by atoms with van der Waals surface area (Å²) < 4.78 is 73.4. The first-order chi connectivity index (χ1) is 19.5. The third kappa shape index (κ3) is 7.06. The smallest absolute Gasteiger partial charge is 0.406 e. The highest BCUT2D eigenvalue weighted by molar-refractivity contribution is 5.94. The molecule has 41 heavy (non-hydrogen) atoms. The van der Waals surface area contributed by atoms with Crippen LogP contribution in [0.25, 0.3) is 23.0 Å². The number of hydrogen-bond donors (Lipinski definition) is 0. The van der Waals surface area contributed by atoms with Crippen molar-refractivity contribution in [1.29, 1.82) is 0 Å². The minimum absolute atomic E-state index is 0.132. The fourth-order valence-electron chi connectivity index (χ4n) is 4.51. The number of benzene rings is 2. The van der Waals surface area contributed by atoms with Gasteiger partial charge in [-0.3, -0.25) is 14.4 Å². The first-order valence-electron chi connectivity index (χ1n) is 12.7. The SMILES string of the molecule is Cc1cc(-c2nc(-c3ccc(OC(F)(F)F)cc3)no2)nn1Cc1cccc(C(=O)N2CCN(CC(F)F)CC2)c1. The van der Waals surface area contributed by atoms with Gasteiger partial charge in [0.15, 0.2) is 5.69 Å². The number of piperazine rings is 1. The van der Waals surface area contributed by atoms with Crippen molar-refractivity contribution in [3.05, 3.63) is 71.4 Å². The Morgan fingerprint density at radius 1 is 1.05 bits per heavy atom. The highest BCUT2D eigenvalue weighted by atomic mass is 19.4. The molecule has 0 spiro atoms. The molecule has 1 fully saturated rings. The van der Waals surface area contributed by atoms with Crippen molar-refractivity contribution in [1.82, 2.24) is 29.7 Å². The number of aryl methyl sites for hydroxylation is 1. The van der Waals surface area contributed by atoms with Gasteiger partial charge >= 0.3 is 6.36 Å². The van der Waals surface area contributed by atoms with Crippen LogP contribution in [0.15, 0.2) is 59.1 Å². The average Bonchev–Trinajstić information content (AvgIpc) is 3.55. The van der Waals surface area contributed by atoms with E-state index in [9.17, 15) is 26.7 Å². The van der Waals surface area contributed by atoms with Crippen LogP contribution in [0.3, 0.4) is 0 Å². The van der Waals surface area contributed by atoms with E-state index in [1.807, 2.05) is 13.0 Å². The lowest BCUT2D eigenvalue weighted by Crippen LogP contribution is -2.49. The lowest BCUT2D eigenvalue weighted by atomic mass is 10.1. The van der Waals surface area contributed by atoms with Gasteiger partial charge in [0, 0.05) is 43.0 Å². The summed E-state index contributed by atoms with van der Waals surface area (Å²) in [5, 5.41) is 8.45. The van der Waals surface area contributed by atoms with Crippen LogP contribution < -0.4 is 4.74 Å². The molecule has 4 aromatic rings. The maximum atomic E-state index is 13.0. The van der Waals surface area contributed by atoms with Crippen LogP contribution in [-0.4, -0.2) is 81.1 Å². The number of amides is 1. The van der Waals surface area contributed by atoms with Gasteiger partial charge in [0.05, 0.1) is 13.1 Å². The Kier molecular flexibility index (Phi) is 8.01. The summed E-state index contributed by atoms with van der Waals surface area (Å²) >= 11 is 0. The van der Waals surface area contributed by atoms with Crippen molar-refractivity contribution < 1.29 is 36.0 Å². The zero-order chi connectivity index (χ0) is 29.1. The fourth-order valence-corrected chi connectivity index (χ4v) is 4.51. The number of nitrogens with zero attached hydrogens (tertiary/aromatic N) is 6. The van der Waals surface area contributed by atoms with Gasteiger partial charge in [-0.2, -0.15) is 10.1 Å². The summed E-state index contributed by atoms with van der Waals surface area (Å²) in [5.74, 6) is -0.213. The molecule has 0 unspecified atom stereocenters. The van der Waals surface area contributed by atoms with E-state index in [4.69, 9.17) is 4.52 Å². The Morgan fingerprint density at radius 2 is 1.78 bits per heavy atom. The Labute approximate surface area is 231 Å². The Bertz CT molecular complexity index is 1490. The zero-order valence-electron chi connectivity index (χ0n) is 21.8. The van der Waals surface area contributed by atoms with Crippen molar-refractivity contribution >= 4 is 5.91 Å². The van der Waals surface area contributed by atoms with Gasteiger partial charge in [-0.25, -0.2) is 8.78 Å². The fraction of sp³-hybridized carbons (Fsp3) is 0.333. The number of carbonyl (C=O) groups excluding carboxylic acids is 1. The lowest BCUT2D eigenvalue weighted by molar-refractivity contribution is -0.274. The van der Waals surface area contributed by atoms with Gasteiger partial charge in [-0.05, 0) is 55.0 Å². The van der Waals surface area contributed by atoms with Crippen LogP contribution in [0, 0.1) is 6.92 Å². The zero-order valence-corrected chi connectivity index (χ0v) is 21.8. The summed E-state index contributed by atoms with van der Waals surface area (Å²) in [6.45, 7) is 3.49. The number of aromatic nitrogens is 4. The van der Waals surface area contributed by atoms with E-state index in [0.717, 1.165) is 23.4 Å². The van der Waals surface area contributed by atoms with Crippen molar-refractivity contribution in [2.24, 2.45) is 0 Å². The molecule has 2 aromatic heterocycles. The maximum absolute atomic E-state index is 13.0. The summed E-state index contributed by atoms with van der Waals surface area (Å²) in [7, 11) is 0. The third-order valence-corrected chi connectivity index (χ3v) is 6.53. The van der Waals surface area contributed by atoms with E-state index >= 15 is 0 Å². The Hall–Kier alpha value is -4.33. The van der Waals surface area contributed by atoms with Crippen LogP contribution in [0.4, 0.5) is 22.0 Å². The molecular formula is C27H25F5N6O3. The molecular weight excluding hydrogens is 551 g/mol. The largest absolute Gasteiger partial charge is 0.573 e. The van der Waals surface area contributed by atoms with E-state index in [2.05, 4.69) is 20.0 Å². The maximum Gasteiger partial charge on any atom is 0.573 e. The molecule has 2 aromatic carbocycles. The van der Waals surface area contributed by atoms with Crippen LogP contribution in [-0.2, 0) is 6.54 Å². The predicted molar refractivity (Wildman–Crippen MR) is 136 cm³/mol. The van der Waals surface area contributed by atoms with Gasteiger partial charge in [0.1, 0.15) is 5.75 Å². The summed E-state index contributed by atoms with van der Waals surface area (Å²) in [6.07, 6.45) is -7.19. The summed E-state index contributed by atoms with van der Waals surface area (Å²) in [5.41, 5.74) is 2.97. The summed E-state index contributed by atoms with van der Waals surface area (Å²) in [4.78, 5) is 20.7. The van der Waals surface area contributed by atoms with E-state index in [-0.39, 0.29) is 29.9 Å². The minimum atomic E-state index is -4.79. The highest BCUT2D eigenvalue weighted by Crippen LogP contribution is 2.27. The molecule has 1 saturated heterocycles. The molecule has 0 aliphatic carbocycles. The summed E-state index contributed by atoms with van der Waals surface area (Å²) in [6, 6.07) is 14.0. The van der Waals surface area contributed by atoms with Crippen LogP contribution >= 0.6 is 0 Å². The van der Waals surface area contributed by atoms with E-state index < -0.39 is 12.8 Å². The first kappa shape index (κ1) is 28.2. The van der Waals surface area contributed by atoms with Crippen LogP contribution in [0.5, 0.6) is 5.75 Å². The molecule has 1 amide bonds. The molecule has 0 radical (unpaired) electrons. The first-order valence-corrected chi connectivity index (χ1v) is 12.7. The standard InChI is InChI=1S/C27H25F5N6O3/c1-17-13-22(25-33-24(35-41-25)19-5-7-21(8-6-19)40-27(30,31)32)34-38(17)15-18-3-2-4-20(14-18)26(39)37-11-9-36(10-12-37)16-23(28)29/h2-8,13-14,23H,9-12,15-16H2,1H3. The normalized spacial score (nSPS) is 14.6. The quantitative estimate of drug-likeness (QED) is 0.276. The molecule has 216 valence electrons. The minimum Gasteiger partial charge on any atom is -0.406 e. The molecule has 0 atom stereocenters. The number of ether oxygens (including phenoxy) is 1. The second-order valence-electron chi connectivity index (χ2n) is 9.51. The number of carbonyl (C=O) groups is 1. The van der Waals surface area contributed by atoms with Crippen molar-refractivity contribution in [3.63, 3.8) is 0 Å². The monoisotopic (exact) mass is 576 g/mol. The predicted octanol–water partition coefficient (Wildman–Crippen LogP) is 4.88. The highest BCUT2D eigenvalue weighted by Gasteiger charge is 2.31. The van der Waals surface area contributed by atoms with Crippen molar-refractivity contribution in [2.45, 2.75) is 26.3 Å². The van der Waals surface area contributed by atoms with Gasteiger partial charge in [-0.15, -0.1) is 13.2 Å². The molecule has 0 N–H and O–H groups in total.